The quantitative estimate of drug-likeness (QED) is 0.866. The van der Waals surface area contributed by atoms with E-state index in [0.717, 1.165) is 11.3 Å². The van der Waals surface area contributed by atoms with Gasteiger partial charge in [0.05, 0.1) is 5.69 Å². The molecule has 2 aromatic rings. The summed E-state index contributed by atoms with van der Waals surface area (Å²) in [5.74, 6) is 0.739. The minimum atomic E-state index is -0.516. The number of aromatic amines is 2. The molecule has 0 saturated carbocycles. The van der Waals surface area contributed by atoms with Gasteiger partial charge >= 0.3 is 5.69 Å². The smallest absolute Gasteiger partial charge is 0.326 e. The van der Waals surface area contributed by atoms with E-state index in [1.165, 1.54) is 6.07 Å². The molecule has 5 heteroatoms. The fourth-order valence-electron chi connectivity index (χ4n) is 1.68. The van der Waals surface area contributed by atoms with Crippen LogP contribution in [-0.4, -0.2) is 15.6 Å². The molecule has 0 aliphatic heterocycles. The van der Waals surface area contributed by atoms with Crippen LogP contribution in [0.25, 0.3) is 11.3 Å². The second-order valence-electron chi connectivity index (χ2n) is 5.24. The van der Waals surface area contributed by atoms with E-state index in [-0.39, 0.29) is 5.60 Å². The molecule has 0 saturated heterocycles. The second-order valence-corrected chi connectivity index (χ2v) is 5.24. The standard InChI is InChI=1S/C14H16N2O3/c1-14(2,3)19-10-6-4-9(5-7-10)11-8-12(17)16-13(18)15-11/h4-8H,1-3H3,(H2,15,16,17,18). The van der Waals surface area contributed by atoms with E-state index in [1.54, 1.807) is 24.3 Å². The van der Waals surface area contributed by atoms with Crippen LogP contribution in [0.3, 0.4) is 0 Å². The van der Waals surface area contributed by atoms with Gasteiger partial charge in [0.1, 0.15) is 11.4 Å². The monoisotopic (exact) mass is 260 g/mol. The maximum Gasteiger partial charge on any atom is 0.326 e. The fourth-order valence-corrected chi connectivity index (χ4v) is 1.68. The highest BCUT2D eigenvalue weighted by Crippen LogP contribution is 2.22. The van der Waals surface area contributed by atoms with Gasteiger partial charge in [-0.25, -0.2) is 4.79 Å². The Hall–Kier alpha value is -2.30. The van der Waals surface area contributed by atoms with Gasteiger partial charge in [0.15, 0.2) is 0 Å². The first-order valence-corrected chi connectivity index (χ1v) is 5.97. The highest BCUT2D eigenvalue weighted by atomic mass is 16.5. The summed E-state index contributed by atoms with van der Waals surface area (Å²) >= 11 is 0. The van der Waals surface area contributed by atoms with Gasteiger partial charge in [0.2, 0.25) is 0 Å². The lowest BCUT2D eigenvalue weighted by Crippen LogP contribution is -2.23. The molecular formula is C14H16N2O3. The molecule has 0 aliphatic rings. The molecule has 1 heterocycles. The lowest BCUT2D eigenvalue weighted by Gasteiger charge is -2.21. The van der Waals surface area contributed by atoms with Crippen molar-refractivity contribution in [2.24, 2.45) is 0 Å². The van der Waals surface area contributed by atoms with Crippen molar-refractivity contribution in [3.05, 3.63) is 51.2 Å². The summed E-state index contributed by atoms with van der Waals surface area (Å²) in [5, 5.41) is 0. The molecule has 19 heavy (non-hydrogen) atoms. The number of benzene rings is 1. The Balaban J connectivity index is 2.32. The van der Waals surface area contributed by atoms with Crippen LogP contribution in [0.4, 0.5) is 0 Å². The fraction of sp³-hybridized carbons (Fsp3) is 0.286. The van der Waals surface area contributed by atoms with E-state index in [1.807, 2.05) is 20.8 Å². The molecule has 0 spiro atoms. The summed E-state index contributed by atoms with van der Waals surface area (Å²) in [6.07, 6.45) is 0. The molecular weight excluding hydrogens is 244 g/mol. The van der Waals surface area contributed by atoms with Gasteiger partial charge in [-0.3, -0.25) is 9.78 Å². The first-order valence-electron chi connectivity index (χ1n) is 5.97. The number of rotatable bonds is 2. The minimum Gasteiger partial charge on any atom is -0.488 e. The van der Waals surface area contributed by atoms with Crippen LogP contribution < -0.4 is 16.0 Å². The van der Waals surface area contributed by atoms with Gasteiger partial charge in [0, 0.05) is 6.07 Å². The van der Waals surface area contributed by atoms with E-state index in [9.17, 15) is 9.59 Å². The lowest BCUT2D eigenvalue weighted by atomic mass is 10.1. The number of aromatic nitrogens is 2. The summed E-state index contributed by atoms with van der Waals surface area (Å²) in [6.45, 7) is 5.90. The van der Waals surface area contributed by atoms with Crippen LogP contribution in [0.15, 0.2) is 39.9 Å². The van der Waals surface area contributed by atoms with Crippen molar-refractivity contribution in [3.63, 3.8) is 0 Å². The second kappa shape index (κ2) is 4.76. The first-order chi connectivity index (χ1) is 8.83. The Labute approximate surface area is 110 Å². The third kappa shape index (κ3) is 3.58. The van der Waals surface area contributed by atoms with Crippen molar-refractivity contribution in [3.8, 4) is 17.0 Å². The highest BCUT2D eigenvalue weighted by molar-refractivity contribution is 5.59. The normalized spacial score (nSPS) is 11.3. The van der Waals surface area contributed by atoms with Gasteiger partial charge in [-0.15, -0.1) is 0 Å². The third-order valence-corrected chi connectivity index (χ3v) is 2.35. The van der Waals surface area contributed by atoms with Crippen LogP contribution in [0.1, 0.15) is 20.8 Å². The van der Waals surface area contributed by atoms with Gasteiger partial charge in [0.25, 0.3) is 5.56 Å². The number of hydrogen-bond donors (Lipinski definition) is 2. The van der Waals surface area contributed by atoms with E-state index in [0.29, 0.717) is 5.69 Å². The van der Waals surface area contributed by atoms with Crippen LogP contribution >= 0.6 is 0 Å². The number of H-pyrrole nitrogens is 2. The predicted molar refractivity (Wildman–Crippen MR) is 73.5 cm³/mol. The molecule has 0 bridgehead atoms. The Morgan fingerprint density at radius 1 is 1.00 bits per heavy atom. The van der Waals surface area contributed by atoms with Gasteiger partial charge in [-0.1, -0.05) is 0 Å². The Kier molecular flexibility index (Phi) is 3.29. The molecule has 0 radical (unpaired) electrons. The summed E-state index contributed by atoms with van der Waals surface area (Å²) in [4.78, 5) is 27.2. The van der Waals surface area contributed by atoms with Crippen molar-refractivity contribution in [1.29, 1.82) is 0 Å². The number of nitrogens with one attached hydrogen (secondary N) is 2. The highest BCUT2D eigenvalue weighted by Gasteiger charge is 2.11. The topological polar surface area (TPSA) is 75.0 Å². The molecule has 1 aromatic heterocycles. The van der Waals surface area contributed by atoms with Crippen molar-refractivity contribution in [2.75, 3.05) is 0 Å². The predicted octanol–water partition coefficient (Wildman–Crippen LogP) is 1.91. The largest absolute Gasteiger partial charge is 0.488 e. The van der Waals surface area contributed by atoms with Gasteiger partial charge in [-0.2, -0.15) is 0 Å². The SMILES string of the molecule is CC(C)(C)Oc1ccc(-c2cc(=O)[nH]c(=O)[nH]2)cc1. The van der Waals surface area contributed by atoms with Crippen LogP contribution in [0.2, 0.25) is 0 Å². The molecule has 0 amide bonds. The van der Waals surface area contributed by atoms with Gasteiger partial charge in [-0.05, 0) is 50.6 Å². The molecule has 0 atom stereocenters. The number of hydrogen-bond acceptors (Lipinski definition) is 3. The summed E-state index contributed by atoms with van der Waals surface area (Å²) < 4.78 is 5.70. The summed E-state index contributed by atoms with van der Waals surface area (Å²) in [7, 11) is 0. The Morgan fingerprint density at radius 2 is 1.63 bits per heavy atom. The molecule has 2 N–H and O–H groups in total. The van der Waals surface area contributed by atoms with Crippen molar-refractivity contribution >= 4 is 0 Å². The number of ether oxygens (including phenoxy) is 1. The maximum atomic E-state index is 11.2. The minimum absolute atomic E-state index is 0.264. The van der Waals surface area contributed by atoms with Crippen LogP contribution in [0, 0.1) is 0 Å². The van der Waals surface area contributed by atoms with E-state index in [2.05, 4.69) is 9.97 Å². The first kappa shape index (κ1) is 13.1. The van der Waals surface area contributed by atoms with E-state index >= 15 is 0 Å². The summed E-state index contributed by atoms with van der Waals surface area (Å²) in [6, 6.07) is 8.55. The third-order valence-electron chi connectivity index (χ3n) is 2.35. The van der Waals surface area contributed by atoms with Crippen LogP contribution in [-0.2, 0) is 0 Å². The molecule has 100 valence electrons. The average Bonchev–Trinajstić information content (AvgIpc) is 2.26. The maximum absolute atomic E-state index is 11.2. The molecule has 1 aromatic carbocycles. The molecule has 5 nitrogen and oxygen atoms in total. The lowest BCUT2D eigenvalue weighted by molar-refractivity contribution is 0.131. The molecule has 0 aliphatic carbocycles. The van der Waals surface area contributed by atoms with E-state index < -0.39 is 11.2 Å². The molecule has 0 fully saturated rings. The zero-order chi connectivity index (χ0) is 14.0. The van der Waals surface area contributed by atoms with Crippen molar-refractivity contribution in [2.45, 2.75) is 26.4 Å². The molecule has 2 rings (SSSR count). The van der Waals surface area contributed by atoms with Crippen molar-refractivity contribution < 1.29 is 4.74 Å². The zero-order valence-electron chi connectivity index (χ0n) is 11.1. The van der Waals surface area contributed by atoms with E-state index in [4.69, 9.17) is 4.74 Å². The van der Waals surface area contributed by atoms with Crippen molar-refractivity contribution in [1.82, 2.24) is 9.97 Å². The average molecular weight is 260 g/mol. The Bertz CT molecular complexity index is 647. The molecule has 0 unspecified atom stereocenters. The summed E-state index contributed by atoms with van der Waals surface area (Å²) in [5.41, 5.74) is 0.0338. The van der Waals surface area contributed by atoms with Gasteiger partial charge < -0.3 is 9.72 Å². The zero-order valence-corrected chi connectivity index (χ0v) is 11.1. The Morgan fingerprint density at radius 3 is 2.16 bits per heavy atom. The van der Waals surface area contributed by atoms with Crippen LogP contribution in [0.5, 0.6) is 5.75 Å².